The molecule has 1 aromatic carbocycles. The van der Waals surface area contributed by atoms with E-state index < -0.39 is 0 Å². The fourth-order valence-electron chi connectivity index (χ4n) is 3.14. The first-order chi connectivity index (χ1) is 12.4. The Bertz CT molecular complexity index is 808. The largest absolute Gasteiger partial charge is 0.336 e. The lowest BCUT2D eigenvalue weighted by Gasteiger charge is -2.28. The van der Waals surface area contributed by atoms with Gasteiger partial charge in [0.2, 0.25) is 5.91 Å². The van der Waals surface area contributed by atoms with Crippen LogP contribution in [0.2, 0.25) is 10.0 Å². The molecular weight excluding hydrogens is 369 g/mol. The molecule has 0 N–H and O–H groups in total. The Morgan fingerprint density at radius 3 is 2.85 bits per heavy atom. The number of benzene rings is 1. The zero-order valence-electron chi connectivity index (χ0n) is 15.1. The van der Waals surface area contributed by atoms with E-state index in [0.717, 1.165) is 35.5 Å². The van der Waals surface area contributed by atoms with Gasteiger partial charge in [0.25, 0.3) is 0 Å². The van der Waals surface area contributed by atoms with Crippen molar-refractivity contribution in [3.63, 3.8) is 0 Å². The van der Waals surface area contributed by atoms with Gasteiger partial charge in [-0.1, -0.05) is 43.1 Å². The summed E-state index contributed by atoms with van der Waals surface area (Å²) in [6.07, 6.45) is 4.64. The maximum atomic E-state index is 12.6. The van der Waals surface area contributed by atoms with Crippen LogP contribution in [0, 0.1) is 5.92 Å². The van der Waals surface area contributed by atoms with Crippen LogP contribution in [0.3, 0.4) is 0 Å². The number of aryl methyl sites for hydroxylation is 1. The lowest BCUT2D eigenvalue weighted by molar-refractivity contribution is -0.132. The first-order valence-electron chi connectivity index (χ1n) is 8.97. The van der Waals surface area contributed by atoms with Crippen LogP contribution in [-0.2, 0) is 30.6 Å². The Hall–Kier alpha value is -1.65. The molecule has 1 aliphatic heterocycles. The van der Waals surface area contributed by atoms with Crippen LogP contribution in [0.4, 0.5) is 0 Å². The molecule has 0 radical (unpaired) electrons. The highest BCUT2D eigenvalue weighted by molar-refractivity contribution is 6.35. The fourth-order valence-corrected chi connectivity index (χ4v) is 3.65. The highest BCUT2D eigenvalue weighted by atomic mass is 35.5. The zero-order chi connectivity index (χ0) is 18.7. The van der Waals surface area contributed by atoms with Crippen molar-refractivity contribution in [1.82, 2.24) is 14.9 Å². The molecule has 3 rings (SSSR count). The molecule has 0 aliphatic carbocycles. The number of aromatic nitrogens is 2. The summed E-state index contributed by atoms with van der Waals surface area (Å²) in [5.41, 5.74) is 3.09. The third-order valence-corrected chi connectivity index (χ3v) is 5.15. The molecule has 0 fully saturated rings. The maximum Gasteiger partial charge on any atom is 0.223 e. The van der Waals surface area contributed by atoms with Gasteiger partial charge in [0, 0.05) is 35.6 Å². The molecule has 0 saturated heterocycles. The summed E-state index contributed by atoms with van der Waals surface area (Å²) in [7, 11) is 0. The molecule has 1 aromatic heterocycles. The summed E-state index contributed by atoms with van der Waals surface area (Å²) in [6.45, 7) is 5.59. The number of rotatable bonds is 5. The van der Waals surface area contributed by atoms with Gasteiger partial charge in [-0.05, 0) is 42.0 Å². The van der Waals surface area contributed by atoms with E-state index >= 15 is 0 Å². The third-order valence-electron chi connectivity index (χ3n) is 4.56. The minimum atomic E-state index is 0.130. The number of fused-ring (bicyclic) bond motifs is 1. The summed E-state index contributed by atoms with van der Waals surface area (Å²) in [6, 6.07) is 5.40. The summed E-state index contributed by atoms with van der Waals surface area (Å²) in [4.78, 5) is 23.7. The van der Waals surface area contributed by atoms with Crippen LogP contribution in [0.1, 0.15) is 42.9 Å². The SMILES string of the molecule is CC(C)Cc1ncc2c(n1)CN(C(=O)CCc1ccc(Cl)cc1Cl)CC2. The molecule has 0 unspecified atom stereocenters. The van der Waals surface area contributed by atoms with Crippen LogP contribution in [0.25, 0.3) is 0 Å². The molecule has 0 saturated carbocycles. The van der Waals surface area contributed by atoms with E-state index in [1.807, 2.05) is 17.2 Å². The Kier molecular flexibility index (Phi) is 6.15. The predicted octanol–water partition coefficient (Wildman–Crippen LogP) is 4.50. The quantitative estimate of drug-likeness (QED) is 0.753. The number of nitrogens with zero attached hydrogens (tertiary/aromatic N) is 3. The molecular formula is C20H23Cl2N3O. The molecule has 6 heteroatoms. The van der Waals surface area contributed by atoms with Crippen LogP contribution in [-0.4, -0.2) is 27.3 Å². The molecule has 1 aliphatic rings. The highest BCUT2D eigenvalue weighted by Gasteiger charge is 2.22. The minimum absolute atomic E-state index is 0.130. The number of halogens is 2. The maximum absolute atomic E-state index is 12.6. The van der Waals surface area contributed by atoms with Gasteiger partial charge in [0.15, 0.2) is 0 Å². The standard InChI is InChI=1S/C20H23Cl2N3O/c1-13(2)9-19-23-11-15-7-8-25(12-18(15)24-19)20(26)6-4-14-3-5-16(21)10-17(14)22/h3,5,10-11,13H,4,6-9,12H2,1-2H3. The molecule has 26 heavy (non-hydrogen) atoms. The second-order valence-electron chi connectivity index (χ2n) is 7.16. The van der Waals surface area contributed by atoms with Crippen molar-refractivity contribution < 1.29 is 4.79 Å². The topological polar surface area (TPSA) is 46.1 Å². The van der Waals surface area contributed by atoms with Gasteiger partial charge in [-0.25, -0.2) is 9.97 Å². The van der Waals surface area contributed by atoms with Gasteiger partial charge in [-0.2, -0.15) is 0 Å². The van der Waals surface area contributed by atoms with Crippen molar-refractivity contribution in [2.24, 2.45) is 5.92 Å². The molecule has 4 nitrogen and oxygen atoms in total. The van der Waals surface area contributed by atoms with E-state index in [4.69, 9.17) is 23.2 Å². The summed E-state index contributed by atoms with van der Waals surface area (Å²) in [5, 5.41) is 1.22. The monoisotopic (exact) mass is 391 g/mol. The fraction of sp³-hybridized carbons (Fsp3) is 0.450. The van der Waals surface area contributed by atoms with Gasteiger partial charge in [0.1, 0.15) is 5.82 Å². The van der Waals surface area contributed by atoms with Crippen molar-refractivity contribution >= 4 is 29.1 Å². The Morgan fingerprint density at radius 1 is 1.31 bits per heavy atom. The van der Waals surface area contributed by atoms with Crippen LogP contribution in [0.5, 0.6) is 0 Å². The van der Waals surface area contributed by atoms with Gasteiger partial charge in [-0.3, -0.25) is 4.79 Å². The second-order valence-corrected chi connectivity index (χ2v) is 8.00. The lowest BCUT2D eigenvalue weighted by Crippen LogP contribution is -2.36. The number of carbonyl (C=O) groups excluding carboxylic acids is 1. The van der Waals surface area contributed by atoms with Crippen molar-refractivity contribution in [3.8, 4) is 0 Å². The van der Waals surface area contributed by atoms with E-state index in [2.05, 4.69) is 23.8 Å². The zero-order valence-corrected chi connectivity index (χ0v) is 16.6. The number of hydrogen-bond acceptors (Lipinski definition) is 3. The lowest BCUT2D eigenvalue weighted by atomic mass is 10.0. The van der Waals surface area contributed by atoms with Crippen molar-refractivity contribution in [2.75, 3.05) is 6.54 Å². The van der Waals surface area contributed by atoms with E-state index in [1.54, 1.807) is 12.1 Å². The molecule has 2 aromatic rings. The van der Waals surface area contributed by atoms with E-state index in [1.165, 1.54) is 0 Å². The van der Waals surface area contributed by atoms with Crippen LogP contribution >= 0.6 is 23.2 Å². The minimum Gasteiger partial charge on any atom is -0.336 e. The van der Waals surface area contributed by atoms with Crippen LogP contribution < -0.4 is 0 Å². The van der Waals surface area contributed by atoms with Crippen molar-refractivity contribution in [2.45, 2.75) is 46.1 Å². The molecule has 0 atom stereocenters. The third kappa shape index (κ3) is 4.74. The molecule has 1 amide bonds. The Balaban J connectivity index is 1.63. The predicted molar refractivity (Wildman–Crippen MR) is 104 cm³/mol. The van der Waals surface area contributed by atoms with Gasteiger partial charge in [0.05, 0.1) is 12.2 Å². The summed E-state index contributed by atoms with van der Waals surface area (Å²) < 4.78 is 0. The normalized spacial score (nSPS) is 13.8. The molecule has 2 heterocycles. The first kappa shape index (κ1) is 19.1. The van der Waals surface area contributed by atoms with Gasteiger partial charge in [-0.15, -0.1) is 0 Å². The van der Waals surface area contributed by atoms with E-state index in [0.29, 0.717) is 41.9 Å². The van der Waals surface area contributed by atoms with Crippen molar-refractivity contribution in [3.05, 3.63) is 57.1 Å². The average Bonchev–Trinajstić information content (AvgIpc) is 2.59. The van der Waals surface area contributed by atoms with Crippen LogP contribution in [0.15, 0.2) is 24.4 Å². The second kappa shape index (κ2) is 8.36. The Morgan fingerprint density at radius 2 is 2.12 bits per heavy atom. The smallest absolute Gasteiger partial charge is 0.223 e. The first-order valence-corrected chi connectivity index (χ1v) is 9.73. The van der Waals surface area contributed by atoms with Crippen molar-refractivity contribution in [1.29, 1.82) is 0 Å². The number of carbonyl (C=O) groups is 1. The Labute approximate surface area is 164 Å². The highest BCUT2D eigenvalue weighted by Crippen LogP contribution is 2.23. The molecule has 138 valence electrons. The summed E-state index contributed by atoms with van der Waals surface area (Å²) in [5.74, 6) is 1.50. The summed E-state index contributed by atoms with van der Waals surface area (Å²) >= 11 is 12.1. The van der Waals surface area contributed by atoms with E-state index in [-0.39, 0.29) is 5.91 Å². The number of hydrogen-bond donors (Lipinski definition) is 0. The number of amides is 1. The van der Waals surface area contributed by atoms with Gasteiger partial charge >= 0.3 is 0 Å². The average molecular weight is 392 g/mol. The van der Waals surface area contributed by atoms with Gasteiger partial charge < -0.3 is 4.90 Å². The van der Waals surface area contributed by atoms with E-state index in [9.17, 15) is 4.79 Å². The molecule has 0 spiro atoms. The molecule has 0 bridgehead atoms.